The molecule has 2 saturated heterocycles. The molecule has 0 radical (unpaired) electrons. The maximum absolute atomic E-state index is 12.3. The second kappa shape index (κ2) is 12.1. The van der Waals surface area contributed by atoms with Gasteiger partial charge in [-0.05, 0) is 55.7 Å². The van der Waals surface area contributed by atoms with Crippen LogP contribution in [0.5, 0.6) is 0 Å². The summed E-state index contributed by atoms with van der Waals surface area (Å²) >= 11 is 0. The van der Waals surface area contributed by atoms with Crippen LogP contribution in [0.3, 0.4) is 0 Å². The van der Waals surface area contributed by atoms with Crippen LogP contribution in [0.4, 0.5) is 13.2 Å². The van der Waals surface area contributed by atoms with Gasteiger partial charge in [0, 0.05) is 38.7 Å². The molecular formula is C21H31F3N2O6S. The number of carbonyl (C=O) groups is 1. The zero-order chi connectivity index (χ0) is 24.5. The van der Waals surface area contributed by atoms with Gasteiger partial charge in [0.25, 0.3) is 0 Å². The minimum atomic E-state index is -5.08. The fourth-order valence-electron chi connectivity index (χ4n) is 4.17. The summed E-state index contributed by atoms with van der Waals surface area (Å²) in [6.45, 7) is 5.15. The molecule has 3 heterocycles. The van der Waals surface area contributed by atoms with Gasteiger partial charge in [0.05, 0.1) is 18.0 Å². The molecule has 2 aliphatic heterocycles. The average Bonchev–Trinajstić information content (AvgIpc) is 3.13. The number of ether oxygens (including phenoxy) is 2. The molecule has 1 unspecified atom stereocenters. The van der Waals surface area contributed by atoms with Crippen molar-refractivity contribution in [3.05, 3.63) is 30.1 Å². The molecule has 0 bridgehead atoms. The molecule has 0 amide bonds. The molecular weight excluding hydrogens is 465 g/mol. The van der Waals surface area contributed by atoms with Crippen molar-refractivity contribution in [1.29, 1.82) is 0 Å². The summed E-state index contributed by atoms with van der Waals surface area (Å²) < 4.78 is 69.9. The van der Waals surface area contributed by atoms with Gasteiger partial charge in [0.15, 0.2) is 0 Å². The number of rotatable bonds is 8. The van der Waals surface area contributed by atoms with E-state index in [0.717, 1.165) is 37.9 Å². The first-order valence-electron chi connectivity index (χ1n) is 10.9. The van der Waals surface area contributed by atoms with Crippen LogP contribution in [0, 0.1) is 5.92 Å². The Balaban J connectivity index is 0.000000479. The number of carboxylic acid groups (broad SMARTS) is 1. The van der Waals surface area contributed by atoms with Crippen LogP contribution >= 0.6 is 0 Å². The van der Waals surface area contributed by atoms with Crippen molar-refractivity contribution in [2.75, 3.05) is 32.1 Å². The number of carboxylic acids is 1. The van der Waals surface area contributed by atoms with Crippen molar-refractivity contribution in [2.24, 2.45) is 5.92 Å². The molecule has 33 heavy (non-hydrogen) atoms. The highest BCUT2D eigenvalue weighted by Crippen LogP contribution is 2.42. The van der Waals surface area contributed by atoms with Crippen molar-refractivity contribution in [2.45, 2.75) is 57.4 Å². The van der Waals surface area contributed by atoms with E-state index in [1.54, 1.807) is 16.7 Å². The summed E-state index contributed by atoms with van der Waals surface area (Å²) in [6, 6.07) is 3.93. The lowest BCUT2D eigenvalue weighted by Gasteiger charge is -2.41. The van der Waals surface area contributed by atoms with E-state index in [-0.39, 0.29) is 11.4 Å². The van der Waals surface area contributed by atoms with Gasteiger partial charge in [-0.2, -0.15) is 13.2 Å². The topological polar surface area (TPSA) is 106 Å². The molecule has 1 aromatic rings. The molecule has 188 valence electrons. The number of sulfonamides is 1. The number of alkyl halides is 3. The van der Waals surface area contributed by atoms with Gasteiger partial charge < -0.3 is 14.6 Å². The Morgan fingerprint density at radius 2 is 1.91 bits per heavy atom. The molecule has 12 heteroatoms. The Labute approximate surface area is 192 Å². The summed E-state index contributed by atoms with van der Waals surface area (Å²) in [5.41, 5.74) is 0.977. The standard InChI is InChI=1S/C19H30N2O4S.C2HF3O2/c1-2-15-26(22,23)21-11-7-19(8-12-21)18(6-14-25-19)5-13-24-16-17-3-9-20-10-4-17;3-2(4,5)1(6)7/h3-4,9-10,18H,2,5-8,11-16H2,1H3;(H,6,7). The lowest BCUT2D eigenvalue weighted by Crippen LogP contribution is -2.50. The smallest absolute Gasteiger partial charge is 0.475 e. The third-order valence-corrected chi connectivity index (χ3v) is 7.97. The number of aliphatic carboxylic acids is 1. The monoisotopic (exact) mass is 496 g/mol. The Bertz CT molecular complexity index is 843. The van der Waals surface area contributed by atoms with E-state index < -0.39 is 22.2 Å². The number of hydrogen-bond donors (Lipinski definition) is 1. The quantitative estimate of drug-likeness (QED) is 0.551. The van der Waals surface area contributed by atoms with E-state index in [9.17, 15) is 21.6 Å². The Kier molecular flexibility index (Phi) is 10.1. The number of nitrogens with zero attached hydrogens (tertiary/aromatic N) is 2. The van der Waals surface area contributed by atoms with E-state index >= 15 is 0 Å². The summed E-state index contributed by atoms with van der Waals surface area (Å²) in [4.78, 5) is 12.9. The molecule has 1 atom stereocenters. The third kappa shape index (κ3) is 8.20. The average molecular weight is 497 g/mol. The van der Waals surface area contributed by atoms with Crippen LogP contribution in [0.2, 0.25) is 0 Å². The summed E-state index contributed by atoms with van der Waals surface area (Å²) in [6.07, 6.45) is 2.73. The maximum Gasteiger partial charge on any atom is 0.490 e. The van der Waals surface area contributed by atoms with Crippen molar-refractivity contribution < 1.29 is 41.0 Å². The van der Waals surface area contributed by atoms with Crippen molar-refractivity contribution in [3.63, 3.8) is 0 Å². The van der Waals surface area contributed by atoms with Crippen molar-refractivity contribution >= 4 is 16.0 Å². The van der Waals surface area contributed by atoms with Crippen molar-refractivity contribution in [1.82, 2.24) is 9.29 Å². The van der Waals surface area contributed by atoms with E-state index in [0.29, 0.717) is 38.6 Å². The summed E-state index contributed by atoms with van der Waals surface area (Å²) in [7, 11) is -3.10. The minimum Gasteiger partial charge on any atom is -0.475 e. The highest BCUT2D eigenvalue weighted by Gasteiger charge is 2.47. The molecule has 8 nitrogen and oxygen atoms in total. The van der Waals surface area contributed by atoms with Crippen LogP contribution in [0.25, 0.3) is 0 Å². The van der Waals surface area contributed by atoms with Gasteiger partial charge in [-0.1, -0.05) is 6.92 Å². The summed E-state index contributed by atoms with van der Waals surface area (Å²) in [5.74, 6) is -2.06. The number of piperidine rings is 1. The minimum absolute atomic E-state index is 0.155. The zero-order valence-corrected chi connectivity index (χ0v) is 19.4. The van der Waals surface area contributed by atoms with Gasteiger partial charge in [-0.25, -0.2) is 17.5 Å². The van der Waals surface area contributed by atoms with E-state index in [2.05, 4.69) is 4.98 Å². The van der Waals surface area contributed by atoms with Gasteiger partial charge >= 0.3 is 12.1 Å². The number of aromatic nitrogens is 1. The van der Waals surface area contributed by atoms with E-state index in [1.165, 1.54) is 0 Å². The summed E-state index contributed by atoms with van der Waals surface area (Å²) in [5, 5.41) is 7.12. The first-order chi connectivity index (χ1) is 15.5. The SMILES string of the molecule is CCCS(=O)(=O)N1CCC2(CC1)OCCC2CCOCc1ccncc1.O=C(O)C(F)(F)F. The number of hydrogen-bond acceptors (Lipinski definition) is 6. The molecule has 1 aromatic heterocycles. The zero-order valence-electron chi connectivity index (χ0n) is 18.6. The highest BCUT2D eigenvalue weighted by atomic mass is 32.2. The second-order valence-corrected chi connectivity index (χ2v) is 10.2. The van der Waals surface area contributed by atoms with E-state index in [1.807, 2.05) is 19.1 Å². The first-order valence-corrected chi connectivity index (χ1v) is 12.5. The Morgan fingerprint density at radius 1 is 1.30 bits per heavy atom. The van der Waals surface area contributed by atoms with Crippen LogP contribution in [-0.4, -0.2) is 72.6 Å². The molecule has 0 aliphatic carbocycles. The van der Waals surface area contributed by atoms with Gasteiger partial charge in [0.1, 0.15) is 0 Å². The van der Waals surface area contributed by atoms with Crippen LogP contribution in [0.15, 0.2) is 24.5 Å². The lowest BCUT2D eigenvalue weighted by atomic mass is 9.78. The maximum atomic E-state index is 12.3. The molecule has 0 aromatic carbocycles. The molecule has 1 spiro atoms. The highest BCUT2D eigenvalue weighted by molar-refractivity contribution is 7.89. The van der Waals surface area contributed by atoms with Gasteiger partial charge in [-0.15, -0.1) is 0 Å². The predicted octanol–water partition coefficient (Wildman–Crippen LogP) is 3.23. The molecule has 3 rings (SSSR count). The van der Waals surface area contributed by atoms with Crippen LogP contribution in [0.1, 0.15) is 44.6 Å². The van der Waals surface area contributed by atoms with E-state index in [4.69, 9.17) is 19.4 Å². The Hall–Kier alpha value is -1.76. The Morgan fingerprint density at radius 3 is 2.45 bits per heavy atom. The van der Waals surface area contributed by atoms with Crippen LogP contribution in [-0.2, 0) is 30.9 Å². The molecule has 1 N–H and O–H groups in total. The largest absolute Gasteiger partial charge is 0.490 e. The van der Waals surface area contributed by atoms with Crippen molar-refractivity contribution in [3.8, 4) is 0 Å². The fourth-order valence-corrected chi connectivity index (χ4v) is 5.68. The second-order valence-electron chi connectivity index (χ2n) is 8.11. The number of halogens is 3. The predicted molar refractivity (Wildman–Crippen MR) is 114 cm³/mol. The normalized spacial score (nSPS) is 20.9. The molecule has 0 saturated carbocycles. The van der Waals surface area contributed by atoms with Crippen LogP contribution < -0.4 is 0 Å². The third-order valence-electron chi connectivity index (χ3n) is 5.90. The molecule has 2 aliphatic rings. The fraction of sp³-hybridized carbons (Fsp3) is 0.714. The lowest BCUT2D eigenvalue weighted by molar-refractivity contribution is -0.192. The first kappa shape index (κ1) is 27.5. The van der Waals surface area contributed by atoms with Gasteiger partial charge in [0.2, 0.25) is 10.0 Å². The van der Waals surface area contributed by atoms with Gasteiger partial charge in [-0.3, -0.25) is 4.98 Å². The number of pyridine rings is 1. The molecule has 2 fully saturated rings.